The van der Waals surface area contributed by atoms with Gasteiger partial charge in [-0.2, -0.15) is 0 Å². The van der Waals surface area contributed by atoms with Gasteiger partial charge in [-0.25, -0.2) is 9.79 Å². The molecule has 1 fully saturated rings. The summed E-state index contributed by atoms with van der Waals surface area (Å²) in [7, 11) is 3.41. The van der Waals surface area contributed by atoms with E-state index in [1.54, 1.807) is 25.4 Å². The second kappa shape index (κ2) is 10.5. The van der Waals surface area contributed by atoms with Crippen molar-refractivity contribution in [2.45, 2.75) is 51.8 Å². The fraction of sp³-hybridized carbons (Fsp3) is 0.650. The number of ether oxygens (including phenoxy) is 1. The Bertz CT molecular complexity index is 693. The summed E-state index contributed by atoms with van der Waals surface area (Å²) in [6.45, 7) is 6.72. The molecule has 0 saturated heterocycles. The van der Waals surface area contributed by atoms with Gasteiger partial charge in [-0.3, -0.25) is 4.79 Å². The molecular weight excluding hydrogens is 390 g/mol. The van der Waals surface area contributed by atoms with Crippen molar-refractivity contribution in [1.82, 2.24) is 20.9 Å². The second-order valence-corrected chi connectivity index (χ2v) is 9.39. The first-order valence-electron chi connectivity index (χ1n) is 9.88. The molecule has 1 aromatic rings. The number of hydrogen-bond donors (Lipinski definition) is 3. The molecule has 2 rings (SSSR count). The van der Waals surface area contributed by atoms with Crippen molar-refractivity contribution in [1.29, 1.82) is 0 Å². The van der Waals surface area contributed by atoms with Crippen molar-refractivity contribution < 1.29 is 14.3 Å². The monoisotopic (exact) mass is 423 g/mol. The summed E-state index contributed by atoms with van der Waals surface area (Å²) < 4.78 is 5.38. The topological polar surface area (TPSA) is 95.1 Å². The highest BCUT2D eigenvalue weighted by molar-refractivity contribution is 7.09. The van der Waals surface area contributed by atoms with Crippen LogP contribution in [0.4, 0.5) is 4.79 Å². The summed E-state index contributed by atoms with van der Waals surface area (Å²) in [5, 5.41) is 11.5. The molecule has 1 aliphatic rings. The zero-order valence-electron chi connectivity index (χ0n) is 17.9. The van der Waals surface area contributed by atoms with E-state index in [0.29, 0.717) is 25.0 Å². The lowest BCUT2D eigenvalue weighted by Crippen LogP contribution is -2.49. The first-order chi connectivity index (χ1) is 13.6. The summed E-state index contributed by atoms with van der Waals surface area (Å²) in [5.41, 5.74) is -0.535. The van der Waals surface area contributed by atoms with Crippen molar-refractivity contribution in [3.8, 4) is 0 Å². The van der Waals surface area contributed by atoms with Crippen LogP contribution in [0.2, 0.25) is 0 Å². The molecule has 0 bridgehead atoms. The molecule has 3 N–H and O–H groups in total. The average molecular weight is 424 g/mol. The Morgan fingerprint density at radius 3 is 2.59 bits per heavy atom. The molecule has 0 spiro atoms. The minimum Gasteiger partial charge on any atom is -0.444 e. The molecule has 2 amide bonds. The number of thiophene rings is 1. The maximum Gasteiger partial charge on any atom is 0.407 e. The predicted octanol–water partition coefficient (Wildman–Crippen LogP) is 2.17. The summed E-state index contributed by atoms with van der Waals surface area (Å²) in [4.78, 5) is 31.1. The number of likely N-dealkylation sites (N-methyl/N-ethyl adjacent to an activating group) is 1. The fourth-order valence-corrected chi connectivity index (χ4v) is 3.19. The quantitative estimate of drug-likeness (QED) is 0.440. The molecule has 1 aromatic heterocycles. The zero-order chi connectivity index (χ0) is 21.4. The Morgan fingerprint density at radius 2 is 2.03 bits per heavy atom. The average Bonchev–Trinajstić information content (AvgIpc) is 3.33. The van der Waals surface area contributed by atoms with Crippen LogP contribution in [-0.4, -0.2) is 61.7 Å². The van der Waals surface area contributed by atoms with E-state index in [9.17, 15) is 9.59 Å². The summed E-state index contributed by atoms with van der Waals surface area (Å²) in [6, 6.07) is 3.98. The minimum atomic E-state index is -0.535. The number of amides is 2. The molecule has 1 aliphatic carbocycles. The van der Waals surface area contributed by atoms with Crippen LogP contribution in [0.3, 0.4) is 0 Å². The molecule has 9 heteroatoms. The second-order valence-electron chi connectivity index (χ2n) is 8.36. The number of alkyl carbamates (subject to hydrolysis) is 1. The summed E-state index contributed by atoms with van der Waals surface area (Å²) >= 11 is 1.65. The Hall–Kier alpha value is -2.29. The Balaban J connectivity index is 1.94. The van der Waals surface area contributed by atoms with Crippen LogP contribution in [0.1, 0.15) is 38.5 Å². The van der Waals surface area contributed by atoms with Crippen LogP contribution in [-0.2, 0) is 16.1 Å². The largest absolute Gasteiger partial charge is 0.444 e. The standard InChI is InChI=1S/C20H33N5O3S/c1-20(2,3)28-19(27)24-16(14-8-9-14)12-22-18(23-13-17(26)25(4)5)21-11-15-7-6-10-29-15/h6-7,10,14,16H,8-9,11-13H2,1-5H3,(H,24,27)(H2,21,22,23). The highest BCUT2D eigenvalue weighted by Crippen LogP contribution is 2.32. The number of carbonyl (C=O) groups is 2. The van der Waals surface area contributed by atoms with Gasteiger partial charge in [-0.1, -0.05) is 6.07 Å². The smallest absolute Gasteiger partial charge is 0.407 e. The molecule has 162 valence electrons. The van der Waals surface area contributed by atoms with Crippen molar-refractivity contribution in [3.63, 3.8) is 0 Å². The maximum atomic E-state index is 12.2. The van der Waals surface area contributed by atoms with Gasteiger partial charge in [0.1, 0.15) is 12.1 Å². The molecule has 1 heterocycles. The summed E-state index contributed by atoms with van der Waals surface area (Å²) in [5.74, 6) is 0.898. The van der Waals surface area contributed by atoms with E-state index >= 15 is 0 Å². The van der Waals surface area contributed by atoms with E-state index in [4.69, 9.17) is 4.74 Å². The van der Waals surface area contributed by atoms with E-state index in [1.807, 2.05) is 38.3 Å². The van der Waals surface area contributed by atoms with Gasteiger partial charge in [0.15, 0.2) is 5.96 Å². The van der Waals surface area contributed by atoms with Gasteiger partial charge >= 0.3 is 6.09 Å². The SMILES string of the molecule is CN(C)C(=O)CN=C(NCc1cccs1)NCC(NC(=O)OC(C)(C)C)C1CC1. The number of carbonyl (C=O) groups excluding carboxylic acids is 2. The Kier molecular flexibility index (Phi) is 8.31. The lowest BCUT2D eigenvalue weighted by Gasteiger charge is -2.24. The van der Waals surface area contributed by atoms with E-state index in [-0.39, 0.29) is 18.5 Å². The van der Waals surface area contributed by atoms with Gasteiger partial charge in [-0.15, -0.1) is 11.3 Å². The third kappa shape index (κ3) is 9.17. The summed E-state index contributed by atoms with van der Waals surface area (Å²) in [6.07, 6.45) is 1.75. The molecular formula is C20H33N5O3S. The number of nitrogens with one attached hydrogen (secondary N) is 3. The van der Waals surface area contributed by atoms with E-state index in [1.165, 1.54) is 9.78 Å². The maximum absolute atomic E-state index is 12.2. The van der Waals surface area contributed by atoms with Crippen LogP contribution < -0.4 is 16.0 Å². The number of guanidine groups is 1. The van der Waals surface area contributed by atoms with Crippen molar-refractivity contribution in [2.75, 3.05) is 27.2 Å². The van der Waals surface area contributed by atoms with Crippen molar-refractivity contribution >= 4 is 29.3 Å². The highest BCUT2D eigenvalue weighted by atomic mass is 32.1. The zero-order valence-corrected chi connectivity index (χ0v) is 18.8. The van der Waals surface area contributed by atoms with Crippen LogP contribution in [0.15, 0.2) is 22.5 Å². The van der Waals surface area contributed by atoms with Crippen LogP contribution in [0.5, 0.6) is 0 Å². The van der Waals surface area contributed by atoms with Gasteiger partial charge in [0.25, 0.3) is 0 Å². The van der Waals surface area contributed by atoms with Crippen molar-refractivity contribution in [2.24, 2.45) is 10.9 Å². The van der Waals surface area contributed by atoms with E-state index < -0.39 is 11.7 Å². The number of hydrogen-bond acceptors (Lipinski definition) is 5. The lowest BCUT2D eigenvalue weighted by atomic mass is 10.2. The molecule has 1 atom stereocenters. The number of rotatable bonds is 8. The van der Waals surface area contributed by atoms with Gasteiger partial charge < -0.3 is 25.6 Å². The highest BCUT2D eigenvalue weighted by Gasteiger charge is 2.33. The van der Waals surface area contributed by atoms with Gasteiger partial charge in [0, 0.05) is 25.5 Å². The molecule has 1 saturated carbocycles. The predicted molar refractivity (Wildman–Crippen MR) is 116 cm³/mol. The molecule has 0 aromatic carbocycles. The molecule has 0 aliphatic heterocycles. The molecule has 8 nitrogen and oxygen atoms in total. The minimum absolute atomic E-state index is 0.0526. The Labute approximate surface area is 177 Å². The first-order valence-corrected chi connectivity index (χ1v) is 10.8. The van der Waals surface area contributed by atoms with Crippen molar-refractivity contribution in [3.05, 3.63) is 22.4 Å². The molecule has 1 unspecified atom stereocenters. The third-order valence-corrected chi connectivity index (χ3v) is 5.14. The van der Waals surface area contributed by atoms with E-state index in [2.05, 4.69) is 20.9 Å². The molecule has 0 radical (unpaired) electrons. The van der Waals surface area contributed by atoms with Crippen LogP contribution in [0, 0.1) is 5.92 Å². The molecule has 29 heavy (non-hydrogen) atoms. The number of nitrogens with zero attached hydrogens (tertiary/aromatic N) is 2. The van der Waals surface area contributed by atoms with E-state index in [0.717, 1.165) is 12.8 Å². The number of aliphatic imine (C=N–C) groups is 1. The fourth-order valence-electron chi connectivity index (χ4n) is 2.55. The third-order valence-electron chi connectivity index (χ3n) is 4.26. The normalized spacial score (nSPS) is 15.4. The van der Waals surface area contributed by atoms with Gasteiger partial charge in [0.2, 0.25) is 5.91 Å². The first kappa shape index (κ1) is 23.0. The van der Waals surface area contributed by atoms with Crippen LogP contribution in [0.25, 0.3) is 0 Å². The van der Waals surface area contributed by atoms with Gasteiger partial charge in [-0.05, 0) is 51.0 Å². The lowest BCUT2D eigenvalue weighted by molar-refractivity contribution is -0.127. The van der Waals surface area contributed by atoms with Crippen LogP contribution >= 0.6 is 11.3 Å². The van der Waals surface area contributed by atoms with Gasteiger partial charge in [0.05, 0.1) is 12.6 Å². The Morgan fingerprint density at radius 1 is 1.31 bits per heavy atom.